The standard InChI is InChI=1S/C16H24N2O2S2/c1-5-12-6-14(22-11(12)4)16(20)18-9-21-8-13(18)15(19)17-7-10(2)3/h6,10,13H,5,7-9H2,1-4H3,(H,17,19). The molecule has 1 aliphatic rings. The maximum atomic E-state index is 12.7. The zero-order chi connectivity index (χ0) is 16.3. The molecule has 1 atom stereocenters. The van der Waals surface area contributed by atoms with Gasteiger partial charge < -0.3 is 10.2 Å². The second-order valence-corrected chi connectivity index (χ2v) is 8.23. The van der Waals surface area contributed by atoms with E-state index in [1.807, 2.05) is 13.0 Å². The van der Waals surface area contributed by atoms with Crippen LogP contribution in [0.1, 0.15) is 40.9 Å². The van der Waals surface area contributed by atoms with Crippen molar-refractivity contribution in [2.24, 2.45) is 5.92 Å². The van der Waals surface area contributed by atoms with Gasteiger partial charge in [0.1, 0.15) is 6.04 Å². The van der Waals surface area contributed by atoms with Gasteiger partial charge in [0.25, 0.3) is 5.91 Å². The number of thiophene rings is 1. The second kappa shape index (κ2) is 7.51. The van der Waals surface area contributed by atoms with E-state index in [1.165, 1.54) is 21.8 Å². The van der Waals surface area contributed by atoms with E-state index in [2.05, 4.69) is 26.1 Å². The molecular formula is C16H24N2O2S2. The van der Waals surface area contributed by atoms with Gasteiger partial charge in [0, 0.05) is 17.2 Å². The lowest BCUT2D eigenvalue weighted by Gasteiger charge is -2.23. The van der Waals surface area contributed by atoms with E-state index in [9.17, 15) is 9.59 Å². The number of amides is 2. The Balaban J connectivity index is 2.08. The molecule has 1 saturated heterocycles. The molecule has 1 aromatic heterocycles. The van der Waals surface area contributed by atoms with Crippen molar-refractivity contribution in [1.82, 2.24) is 10.2 Å². The summed E-state index contributed by atoms with van der Waals surface area (Å²) in [7, 11) is 0. The first-order valence-corrected chi connectivity index (χ1v) is 9.66. The summed E-state index contributed by atoms with van der Waals surface area (Å²) in [6.45, 7) is 8.92. The zero-order valence-corrected chi connectivity index (χ0v) is 15.3. The van der Waals surface area contributed by atoms with E-state index in [1.54, 1.807) is 16.7 Å². The number of carbonyl (C=O) groups excluding carboxylic acids is 2. The van der Waals surface area contributed by atoms with Crippen LogP contribution in [0.15, 0.2) is 6.07 Å². The van der Waals surface area contributed by atoms with Gasteiger partial charge in [-0.05, 0) is 30.9 Å². The number of hydrogen-bond donors (Lipinski definition) is 1. The summed E-state index contributed by atoms with van der Waals surface area (Å²) < 4.78 is 0. The summed E-state index contributed by atoms with van der Waals surface area (Å²) in [6.07, 6.45) is 0.933. The minimum absolute atomic E-state index is 0.0116. The fraction of sp³-hybridized carbons (Fsp3) is 0.625. The normalized spacial score (nSPS) is 18.0. The molecule has 122 valence electrons. The molecule has 0 aliphatic carbocycles. The molecular weight excluding hydrogens is 316 g/mol. The Morgan fingerprint density at radius 2 is 2.18 bits per heavy atom. The van der Waals surface area contributed by atoms with Gasteiger partial charge in [0.05, 0.1) is 10.8 Å². The molecule has 1 unspecified atom stereocenters. The first kappa shape index (κ1) is 17.3. The van der Waals surface area contributed by atoms with Gasteiger partial charge >= 0.3 is 0 Å². The highest BCUT2D eigenvalue weighted by molar-refractivity contribution is 7.99. The molecule has 2 amide bonds. The van der Waals surface area contributed by atoms with Gasteiger partial charge in [0.2, 0.25) is 5.91 Å². The molecule has 2 heterocycles. The third-order valence-electron chi connectivity index (χ3n) is 3.74. The minimum atomic E-state index is -0.344. The monoisotopic (exact) mass is 340 g/mol. The van der Waals surface area contributed by atoms with Crippen molar-refractivity contribution >= 4 is 34.9 Å². The Kier molecular flexibility index (Phi) is 5.92. The van der Waals surface area contributed by atoms with Crippen LogP contribution in [-0.4, -0.2) is 40.9 Å². The number of hydrogen-bond acceptors (Lipinski definition) is 4. The van der Waals surface area contributed by atoms with E-state index in [0.29, 0.717) is 24.1 Å². The lowest BCUT2D eigenvalue weighted by molar-refractivity contribution is -0.124. The van der Waals surface area contributed by atoms with Crippen LogP contribution in [-0.2, 0) is 11.2 Å². The Morgan fingerprint density at radius 1 is 1.45 bits per heavy atom. The number of thioether (sulfide) groups is 1. The lowest BCUT2D eigenvalue weighted by atomic mass is 10.2. The van der Waals surface area contributed by atoms with Crippen LogP contribution in [0, 0.1) is 12.8 Å². The van der Waals surface area contributed by atoms with E-state index < -0.39 is 0 Å². The average molecular weight is 341 g/mol. The van der Waals surface area contributed by atoms with Gasteiger partial charge in [0.15, 0.2) is 0 Å². The van der Waals surface area contributed by atoms with E-state index >= 15 is 0 Å². The Hall–Kier alpha value is -1.01. The van der Waals surface area contributed by atoms with Gasteiger partial charge in [-0.3, -0.25) is 9.59 Å². The quantitative estimate of drug-likeness (QED) is 0.896. The number of carbonyl (C=O) groups is 2. The largest absolute Gasteiger partial charge is 0.354 e. The lowest BCUT2D eigenvalue weighted by Crippen LogP contribution is -2.47. The molecule has 0 radical (unpaired) electrons. The summed E-state index contributed by atoms with van der Waals surface area (Å²) in [4.78, 5) is 28.7. The van der Waals surface area contributed by atoms with Crippen LogP contribution in [0.4, 0.5) is 0 Å². The number of nitrogens with one attached hydrogen (secondary N) is 1. The second-order valence-electron chi connectivity index (χ2n) is 5.98. The number of aryl methyl sites for hydroxylation is 2. The van der Waals surface area contributed by atoms with Gasteiger partial charge in [-0.1, -0.05) is 20.8 Å². The van der Waals surface area contributed by atoms with E-state index in [4.69, 9.17) is 0 Å². The van der Waals surface area contributed by atoms with Crippen molar-refractivity contribution in [3.63, 3.8) is 0 Å². The summed E-state index contributed by atoms with van der Waals surface area (Å²) >= 11 is 3.18. The SMILES string of the molecule is CCc1cc(C(=O)N2CSCC2C(=O)NCC(C)C)sc1C. The van der Waals surface area contributed by atoms with Crippen molar-refractivity contribution in [3.05, 3.63) is 21.4 Å². The maximum absolute atomic E-state index is 12.7. The first-order chi connectivity index (χ1) is 10.4. The fourth-order valence-corrected chi connectivity index (χ4v) is 4.62. The Labute approximate surface area is 140 Å². The molecule has 1 aliphatic heterocycles. The molecule has 0 aromatic carbocycles. The van der Waals surface area contributed by atoms with Crippen LogP contribution in [0.3, 0.4) is 0 Å². The number of rotatable bonds is 5. The Morgan fingerprint density at radius 3 is 2.77 bits per heavy atom. The zero-order valence-electron chi connectivity index (χ0n) is 13.6. The summed E-state index contributed by atoms with van der Waals surface area (Å²) in [5, 5.41) is 2.95. The predicted octanol–water partition coefficient (Wildman–Crippen LogP) is 2.91. The summed E-state index contributed by atoms with van der Waals surface area (Å²) in [5.74, 6) is 1.64. The summed E-state index contributed by atoms with van der Waals surface area (Å²) in [6, 6.07) is 1.64. The van der Waals surface area contributed by atoms with Crippen LogP contribution in [0.5, 0.6) is 0 Å². The van der Waals surface area contributed by atoms with Crippen LogP contribution in [0.25, 0.3) is 0 Å². The topological polar surface area (TPSA) is 49.4 Å². The van der Waals surface area contributed by atoms with Gasteiger partial charge in [-0.25, -0.2) is 0 Å². The number of nitrogens with zero attached hydrogens (tertiary/aromatic N) is 1. The molecule has 0 bridgehead atoms. The average Bonchev–Trinajstić information content (AvgIpc) is 3.10. The highest BCUT2D eigenvalue weighted by Crippen LogP contribution is 2.28. The van der Waals surface area contributed by atoms with E-state index in [-0.39, 0.29) is 17.9 Å². The van der Waals surface area contributed by atoms with Gasteiger partial charge in [-0.15, -0.1) is 23.1 Å². The third kappa shape index (κ3) is 3.84. The smallest absolute Gasteiger partial charge is 0.265 e. The molecule has 1 fully saturated rings. The molecule has 1 N–H and O–H groups in total. The van der Waals surface area contributed by atoms with Gasteiger partial charge in [-0.2, -0.15) is 0 Å². The Bertz CT molecular complexity index is 554. The third-order valence-corrected chi connectivity index (χ3v) is 5.84. The van der Waals surface area contributed by atoms with Crippen molar-refractivity contribution in [2.75, 3.05) is 18.2 Å². The highest BCUT2D eigenvalue weighted by atomic mass is 32.2. The highest BCUT2D eigenvalue weighted by Gasteiger charge is 2.35. The molecule has 1 aromatic rings. The molecule has 0 saturated carbocycles. The summed E-state index contributed by atoms with van der Waals surface area (Å²) in [5.41, 5.74) is 1.22. The fourth-order valence-electron chi connectivity index (χ4n) is 2.40. The van der Waals surface area contributed by atoms with Crippen molar-refractivity contribution in [1.29, 1.82) is 0 Å². The first-order valence-electron chi connectivity index (χ1n) is 7.69. The molecule has 2 rings (SSSR count). The molecule has 22 heavy (non-hydrogen) atoms. The van der Waals surface area contributed by atoms with E-state index in [0.717, 1.165) is 11.3 Å². The van der Waals surface area contributed by atoms with Crippen LogP contribution in [0.2, 0.25) is 0 Å². The molecule has 6 heteroatoms. The van der Waals surface area contributed by atoms with Crippen molar-refractivity contribution in [3.8, 4) is 0 Å². The molecule has 4 nitrogen and oxygen atoms in total. The predicted molar refractivity (Wildman–Crippen MR) is 93.6 cm³/mol. The van der Waals surface area contributed by atoms with Crippen molar-refractivity contribution < 1.29 is 9.59 Å². The minimum Gasteiger partial charge on any atom is -0.354 e. The van der Waals surface area contributed by atoms with Crippen molar-refractivity contribution in [2.45, 2.75) is 40.2 Å². The van der Waals surface area contributed by atoms with Crippen LogP contribution < -0.4 is 5.32 Å². The van der Waals surface area contributed by atoms with Crippen LogP contribution >= 0.6 is 23.1 Å². The maximum Gasteiger partial charge on any atom is 0.265 e. The molecule has 0 spiro atoms.